The third-order valence-electron chi connectivity index (χ3n) is 1.30. The van der Waals surface area contributed by atoms with E-state index in [1.807, 2.05) is 0 Å². The van der Waals surface area contributed by atoms with E-state index in [0.717, 1.165) is 0 Å². The third kappa shape index (κ3) is 8.31. The maximum absolute atomic E-state index is 10.4. The molecule has 0 aromatic rings. The molecule has 0 bridgehead atoms. The minimum absolute atomic E-state index is 0.921. The van der Waals surface area contributed by atoms with Crippen LogP contribution in [0, 0.1) is 0 Å². The van der Waals surface area contributed by atoms with Crippen molar-refractivity contribution in [3.05, 3.63) is 0 Å². The maximum atomic E-state index is 10.4. The fourth-order valence-electron chi connectivity index (χ4n) is 0.676. The Hall–Kier alpha value is 0.140. The van der Waals surface area contributed by atoms with Crippen molar-refractivity contribution in [1.82, 2.24) is 0 Å². The SMILES string of the molecule is O=P(O)(O)OC[C@@H](OP(=O)(O)O)[C@H](O)CO. The Morgan fingerprint density at radius 1 is 1.06 bits per heavy atom. The average Bonchev–Trinajstić information content (AvgIpc) is 2.07. The van der Waals surface area contributed by atoms with Crippen LogP contribution in [0.25, 0.3) is 0 Å². The first-order valence-corrected chi connectivity index (χ1v) is 6.84. The smallest absolute Gasteiger partial charge is 0.394 e. The van der Waals surface area contributed by atoms with Crippen LogP contribution < -0.4 is 0 Å². The summed E-state index contributed by atoms with van der Waals surface area (Å²) >= 11 is 0. The zero-order valence-electron chi connectivity index (χ0n) is 7.78. The van der Waals surface area contributed by atoms with E-state index in [9.17, 15) is 9.13 Å². The van der Waals surface area contributed by atoms with Gasteiger partial charge in [0.25, 0.3) is 0 Å². The number of aliphatic hydroxyl groups is 2. The topological polar surface area (TPSA) is 174 Å². The molecule has 0 fully saturated rings. The molecule has 0 saturated heterocycles. The summed E-state index contributed by atoms with van der Waals surface area (Å²) in [5, 5.41) is 17.5. The molecule has 0 aromatic heterocycles. The van der Waals surface area contributed by atoms with Gasteiger partial charge in [-0.25, -0.2) is 9.13 Å². The van der Waals surface area contributed by atoms with Gasteiger partial charge in [0.05, 0.1) is 13.2 Å². The van der Waals surface area contributed by atoms with Gasteiger partial charge in [-0.1, -0.05) is 0 Å². The highest BCUT2D eigenvalue weighted by Crippen LogP contribution is 2.41. The third-order valence-corrected chi connectivity index (χ3v) is 2.33. The maximum Gasteiger partial charge on any atom is 0.470 e. The van der Waals surface area contributed by atoms with Gasteiger partial charge in [-0.3, -0.25) is 9.05 Å². The number of hydrogen-bond donors (Lipinski definition) is 6. The van der Waals surface area contributed by atoms with Gasteiger partial charge >= 0.3 is 15.6 Å². The van der Waals surface area contributed by atoms with Crippen molar-refractivity contribution in [3.63, 3.8) is 0 Å². The van der Waals surface area contributed by atoms with Crippen LogP contribution in [-0.4, -0.2) is 55.2 Å². The molecule has 10 nitrogen and oxygen atoms in total. The Bertz CT molecular complexity index is 291. The summed E-state index contributed by atoms with van der Waals surface area (Å²) in [5.41, 5.74) is 0. The molecule has 0 unspecified atom stereocenters. The minimum atomic E-state index is -4.97. The fraction of sp³-hybridized carbons (Fsp3) is 1.00. The molecule has 0 aliphatic heterocycles. The predicted molar refractivity (Wildman–Crippen MR) is 48.0 cm³/mol. The largest absolute Gasteiger partial charge is 0.470 e. The number of hydrogen-bond acceptors (Lipinski definition) is 6. The van der Waals surface area contributed by atoms with Crippen LogP contribution in [0.5, 0.6) is 0 Å². The summed E-state index contributed by atoms with van der Waals surface area (Å²) in [6.45, 7) is -1.91. The molecular weight excluding hydrogens is 270 g/mol. The predicted octanol–water partition coefficient (Wildman–Crippen LogP) is -2.07. The molecule has 0 heterocycles. The summed E-state index contributed by atoms with van der Waals surface area (Å²) in [7, 11) is -9.84. The van der Waals surface area contributed by atoms with Crippen molar-refractivity contribution in [3.8, 4) is 0 Å². The van der Waals surface area contributed by atoms with E-state index in [1.54, 1.807) is 0 Å². The molecule has 0 rings (SSSR count). The summed E-state index contributed by atoms with van der Waals surface area (Å²) < 4.78 is 28.6. The Balaban J connectivity index is 4.45. The lowest BCUT2D eigenvalue weighted by Crippen LogP contribution is -2.35. The first-order chi connectivity index (χ1) is 7.05. The van der Waals surface area contributed by atoms with E-state index in [2.05, 4.69) is 9.05 Å². The lowest BCUT2D eigenvalue weighted by atomic mass is 10.2. The van der Waals surface area contributed by atoms with Crippen LogP contribution >= 0.6 is 15.6 Å². The zero-order valence-corrected chi connectivity index (χ0v) is 9.57. The molecule has 0 aliphatic rings. The van der Waals surface area contributed by atoms with E-state index >= 15 is 0 Å². The van der Waals surface area contributed by atoms with Crippen molar-refractivity contribution in [2.45, 2.75) is 12.2 Å². The lowest BCUT2D eigenvalue weighted by molar-refractivity contribution is -0.0365. The van der Waals surface area contributed by atoms with E-state index < -0.39 is 41.1 Å². The quantitative estimate of drug-likeness (QED) is 0.284. The van der Waals surface area contributed by atoms with Crippen LogP contribution in [0.15, 0.2) is 0 Å². The van der Waals surface area contributed by atoms with Crippen molar-refractivity contribution < 1.29 is 48.0 Å². The zero-order chi connectivity index (χ0) is 13.0. The van der Waals surface area contributed by atoms with E-state index in [0.29, 0.717) is 0 Å². The number of rotatable bonds is 7. The van der Waals surface area contributed by atoms with Crippen LogP contribution in [0.2, 0.25) is 0 Å². The number of phosphoric ester groups is 2. The summed E-state index contributed by atoms with van der Waals surface area (Å²) in [6.07, 6.45) is -3.52. The second-order valence-electron chi connectivity index (χ2n) is 2.67. The average molecular weight is 282 g/mol. The second kappa shape index (κ2) is 6.18. The number of aliphatic hydroxyl groups excluding tert-OH is 2. The molecular formula is C4H12O10P2. The molecule has 0 saturated carbocycles. The van der Waals surface area contributed by atoms with Gasteiger partial charge in [0.15, 0.2) is 0 Å². The monoisotopic (exact) mass is 282 g/mol. The highest BCUT2D eigenvalue weighted by Gasteiger charge is 2.30. The van der Waals surface area contributed by atoms with Crippen molar-refractivity contribution in [2.75, 3.05) is 13.2 Å². The van der Waals surface area contributed by atoms with Gasteiger partial charge in [0.2, 0.25) is 0 Å². The van der Waals surface area contributed by atoms with Crippen LogP contribution in [0.4, 0.5) is 0 Å². The molecule has 98 valence electrons. The molecule has 0 aromatic carbocycles. The Kier molecular flexibility index (Phi) is 6.23. The Morgan fingerprint density at radius 2 is 1.56 bits per heavy atom. The fourth-order valence-corrected chi connectivity index (χ4v) is 1.57. The van der Waals surface area contributed by atoms with Gasteiger partial charge in [-0.2, -0.15) is 0 Å². The summed E-state index contributed by atoms with van der Waals surface area (Å²) in [5.74, 6) is 0. The van der Waals surface area contributed by atoms with Gasteiger partial charge in [0.1, 0.15) is 12.2 Å². The second-order valence-corrected chi connectivity index (χ2v) is 5.10. The number of phosphoric acid groups is 2. The van der Waals surface area contributed by atoms with Crippen molar-refractivity contribution >= 4 is 15.6 Å². The molecule has 0 radical (unpaired) electrons. The van der Waals surface area contributed by atoms with Gasteiger partial charge in [0, 0.05) is 0 Å². The molecule has 0 spiro atoms. The first kappa shape index (κ1) is 16.1. The first-order valence-electron chi connectivity index (χ1n) is 3.78. The highest BCUT2D eigenvalue weighted by molar-refractivity contribution is 7.46. The Labute approximate surface area is 89.9 Å². The van der Waals surface area contributed by atoms with Crippen molar-refractivity contribution in [1.29, 1.82) is 0 Å². The van der Waals surface area contributed by atoms with Crippen LogP contribution in [0.3, 0.4) is 0 Å². The standard InChI is InChI=1S/C4H12O10P2/c5-1-3(6)4(14-16(10,11)12)2-13-15(7,8)9/h3-6H,1-2H2,(H2,7,8,9)(H2,10,11,12)/t3-,4-/m1/s1. The highest BCUT2D eigenvalue weighted by atomic mass is 31.2. The summed E-state index contributed by atoms with van der Waals surface area (Å²) in [4.78, 5) is 33.4. The van der Waals surface area contributed by atoms with Crippen LogP contribution in [0.1, 0.15) is 0 Å². The molecule has 0 amide bonds. The Morgan fingerprint density at radius 3 is 1.88 bits per heavy atom. The minimum Gasteiger partial charge on any atom is -0.394 e. The van der Waals surface area contributed by atoms with E-state index in [4.69, 9.17) is 29.8 Å². The molecule has 6 N–H and O–H groups in total. The van der Waals surface area contributed by atoms with Gasteiger partial charge in [-0.05, 0) is 0 Å². The normalized spacial score (nSPS) is 17.1. The molecule has 2 atom stereocenters. The van der Waals surface area contributed by atoms with E-state index in [-0.39, 0.29) is 0 Å². The van der Waals surface area contributed by atoms with Gasteiger partial charge in [-0.15, -0.1) is 0 Å². The lowest BCUT2D eigenvalue weighted by Gasteiger charge is -2.21. The van der Waals surface area contributed by atoms with Gasteiger partial charge < -0.3 is 29.8 Å². The van der Waals surface area contributed by atoms with E-state index in [1.165, 1.54) is 0 Å². The molecule has 12 heteroatoms. The van der Waals surface area contributed by atoms with Crippen LogP contribution in [-0.2, 0) is 18.2 Å². The molecule has 0 aliphatic carbocycles. The summed E-state index contributed by atoms with van der Waals surface area (Å²) in [6, 6.07) is 0. The van der Waals surface area contributed by atoms with Crippen molar-refractivity contribution in [2.24, 2.45) is 0 Å². The molecule has 16 heavy (non-hydrogen) atoms.